The topological polar surface area (TPSA) is 104 Å². The van der Waals surface area contributed by atoms with E-state index < -0.39 is 20.0 Å². The lowest BCUT2D eigenvalue weighted by Gasteiger charge is -2.18. The molecule has 0 saturated carbocycles. The Morgan fingerprint density at radius 1 is 0.971 bits per heavy atom. The minimum Gasteiger partial charge on any atom is -0.322 e. The first-order chi connectivity index (χ1) is 16.2. The Morgan fingerprint density at radius 3 is 2.21 bits per heavy atom. The summed E-state index contributed by atoms with van der Waals surface area (Å²) < 4.78 is 52.5. The lowest BCUT2D eigenvalue weighted by atomic mass is 10.2. The van der Waals surface area contributed by atoms with Gasteiger partial charge < -0.3 is 5.32 Å². The Bertz CT molecular complexity index is 1370. The van der Waals surface area contributed by atoms with Crippen LogP contribution in [0.1, 0.15) is 22.3 Å². The van der Waals surface area contributed by atoms with Gasteiger partial charge in [0.2, 0.25) is 20.0 Å². The van der Waals surface area contributed by atoms with Gasteiger partial charge in [0.1, 0.15) is 0 Å². The summed E-state index contributed by atoms with van der Waals surface area (Å²) in [5.41, 5.74) is 2.22. The van der Waals surface area contributed by atoms with Gasteiger partial charge in [-0.2, -0.15) is 4.31 Å². The van der Waals surface area contributed by atoms with E-state index in [2.05, 4.69) is 5.32 Å². The predicted octanol–water partition coefficient (Wildman–Crippen LogP) is 3.30. The second-order valence-corrected chi connectivity index (χ2v) is 12.1. The van der Waals surface area contributed by atoms with Crippen LogP contribution in [0.2, 0.25) is 0 Å². The lowest BCUT2D eigenvalue weighted by molar-refractivity contribution is 0.102. The first-order valence-electron chi connectivity index (χ1n) is 10.7. The van der Waals surface area contributed by atoms with E-state index in [-0.39, 0.29) is 23.1 Å². The van der Waals surface area contributed by atoms with Crippen LogP contribution in [0.5, 0.6) is 0 Å². The van der Waals surface area contributed by atoms with Crippen LogP contribution in [0.4, 0.5) is 11.4 Å². The fourth-order valence-corrected chi connectivity index (χ4v) is 6.45. The highest BCUT2D eigenvalue weighted by atomic mass is 32.2. The van der Waals surface area contributed by atoms with Gasteiger partial charge in [0, 0.05) is 31.4 Å². The number of nitrogens with one attached hydrogen (secondary N) is 1. The lowest BCUT2D eigenvalue weighted by Crippen LogP contribution is -2.26. The highest BCUT2D eigenvalue weighted by Gasteiger charge is 2.28. The number of sulfonamides is 2. The minimum atomic E-state index is -3.69. The smallest absolute Gasteiger partial charge is 0.255 e. The minimum absolute atomic E-state index is 0.125. The monoisotopic (exact) mass is 499 g/mol. The molecule has 1 heterocycles. The van der Waals surface area contributed by atoms with Crippen molar-refractivity contribution >= 4 is 37.3 Å². The second-order valence-electron chi connectivity index (χ2n) is 8.01. The summed E-state index contributed by atoms with van der Waals surface area (Å²) in [6.45, 7) is 0.681. The van der Waals surface area contributed by atoms with Crippen LogP contribution in [-0.2, 0) is 26.6 Å². The number of carbonyl (C=O) groups excluding carboxylic acids is 1. The van der Waals surface area contributed by atoms with Crippen molar-refractivity contribution in [1.29, 1.82) is 0 Å². The molecule has 3 aromatic carbocycles. The Balaban J connectivity index is 1.41. The first kappa shape index (κ1) is 23.9. The average Bonchev–Trinajstić information content (AvgIpc) is 3.19. The zero-order chi connectivity index (χ0) is 24.3. The largest absolute Gasteiger partial charge is 0.322 e. The van der Waals surface area contributed by atoms with Crippen molar-refractivity contribution in [2.24, 2.45) is 0 Å². The van der Waals surface area contributed by atoms with Gasteiger partial charge in [-0.3, -0.25) is 9.10 Å². The highest BCUT2D eigenvalue weighted by Crippen LogP contribution is 2.25. The normalized spacial score (nSPS) is 15.4. The molecule has 0 radical (unpaired) electrons. The number of benzene rings is 3. The molecule has 1 fully saturated rings. The summed E-state index contributed by atoms with van der Waals surface area (Å²) in [5, 5.41) is 2.73. The van der Waals surface area contributed by atoms with Crippen molar-refractivity contribution in [2.45, 2.75) is 17.9 Å². The zero-order valence-corrected chi connectivity index (χ0v) is 20.2. The molecule has 0 atom stereocenters. The van der Waals surface area contributed by atoms with E-state index in [4.69, 9.17) is 0 Å². The van der Waals surface area contributed by atoms with Gasteiger partial charge in [0.25, 0.3) is 5.91 Å². The maximum atomic E-state index is 12.9. The molecule has 8 nitrogen and oxygen atoms in total. The number of nitrogens with zero attached hydrogens (tertiary/aromatic N) is 2. The van der Waals surface area contributed by atoms with E-state index >= 15 is 0 Å². The van der Waals surface area contributed by atoms with Gasteiger partial charge >= 0.3 is 0 Å². The molecule has 0 aromatic heterocycles. The highest BCUT2D eigenvalue weighted by molar-refractivity contribution is 7.93. The number of hydrogen-bond donors (Lipinski definition) is 1. The zero-order valence-electron chi connectivity index (χ0n) is 18.6. The third-order valence-corrected chi connectivity index (χ3v) is 9.27. The van der Waals surface area contributed by atoms with E-state index in [1.165, 1.54) is 39.9 Å². The molecule has 1 saturated heterocycles. The molecular formula is C24H25N3O5S2. The predicted molar refractivity (Wildman–Crippen MR) is 132 cm³/mol. The molecule has 1 aliphatic heterocycles. The van der Waals surface area contributed by atoms with E-state index in [1.54, 1.807) is 24.3 Å². The van der Waals surface area contributed by atoms with Crippen LogP contribution >= 0.6 is 0 Å². The molecule has 1 N–H and O–H groups in total. The van der Waals surface area contributed by atoms with Gasteiger partial charge in [0.15, 0.2) is 0 Å². The molecule has 1 amide bonds. The third kappa shape index (κ3) is 5.14. The van der Waals surface area contributed by atoms with Crippen LogP contribution in [0.15, 0.2) is 83.8 Å². The summed E-state index contributed by atoms with van der Waals surface area (Å²) in [6, 6.07) is 21.6. The van der Waals surface area contributed by atoms with E-state index in [0.29, 0.717) is 29.9 Å². The van der Waals surface area contributed by atoms with Gasteiger partial charge in [-0.05, 0) is 60.5 Å². The summed E-state index contributed by atoms with van der Waals surface area (Å²) in [7, 11) is -5.45. The molecule has 3 aromatic rings. The third-order valence-electron chi connectivity index (χ3n) is 5.59. The molecule has 0 spiro atoms. The molecule has 178 valence electrons. The summed E-state index contributed by atoms with van der Waals surface area (Å²) >= 11 is 0. The molecule has 1 aliphatic rings. The number of anilines is 2. The van der Waals surface area contributed by atoms with Crippen LogP contribution in [0, 0.1) is 0 Å². The number of amides is 1. The van der Waals surface area contributed by atoms with Gasteiger partial charge in [-0.1, -0.05) is 30.3 Å². The van der Waals surface area contributed by atoms with E-state index in [9.17, 15) is 21.6 Å². The van der Waals surface area contributed by atoms with Crippen molar-refractivity contribution < 1.29 is 21.6 Å². The van der Waals surface area contributed by atoms with Crippen LogP contribution in [0.3, 0.4) is 0 Å². The maximum absolute atomic E-state index is 12.9. The van der Waals surface area contributed by atoms with Crippen molar-refractivity contribution in [3.8, 4) is 0 Å². The molecule has 4 rings (SSSR count). The Hall–Kier alpha value is -3.21. The molecule has 34 heavy (non-hydrogen) atoms. The molecule has 10 heteroatoms. The van der Waals surface area contributed by atoms with Crippen molar-refractivity contribution in [1.82, 2.24) is 4.31 Å². The average molecular weight is 500 g/mol. The fraction of sp³-hybridized carbons (Fsp3) is 0.208. The summed E-state index contributed by atoms with van der Waals surface area (Å²) in [6.07, 6.45) is 0.582. The fourth-order valence-electron chi connectivity index (χ4n) is 3.73. The van der Waals surface area contributed by atoms with E-state index in [0.717, 1.165) is 5.56 Å². The molecule has 0 unspecified atom stereocenters. The van der Waals surface area contributed by atoms with Crippen molar-refractivity contribution in [2.75, 3.05) is 29.0 Å². The van der Waals surface area contributed by atoms with Crippen LogP contribution in [0.25, 0.3) is 0 Å². The Kier molecular flexibility index (Phi) is 6.74. The van der Waals surface area contributed by atoms with Gasteiger partial charge in [-0.15, -0.1) is 0 Å². The number of hydrogen-bond acceptors (Lipinski definition) is 5. The quantitative estimate of drug-likeness (QED) is 0.537. The number of rotatable bonds is 7. The summed E-state index contributed by atoms with van der Waals surface area (Å²) in [4.78, 5) is 12.7. The molecule has 0 bridgehead atoms. The SMILES string of the molecule is CN(Cc1ccccc1)S(=O)(=O)c1ccc(NC(=O)c2ccc(N3CCCS3(=O)=O)cc2)cc1. The van der Waals surface area contributed by atoms with Crippen LogP contribution < -0.4 is 9.62 Å². The standard InChI is InChI=1S/C24H25N3O5S2/c1-26(18-19-6-3-2-4-7-19)34(31,32)23-14-10-21(11-15-23)25-24(28)20-8-12-22(13-9-20)27-16-5-17-33(27,29)30/h2-4,6-15H,5,16-18H2,1H3,(H,25,28). The summed E-state index contributed by atoms with van der Waals surface area (Å²) in [5.74, 6) is -0.254. The number of carbonyl (C=O) groups is 1. The molecular weight excluding hydrogens is 474 g/mol. The second kappa shape index (κ2) is 9.57. The van der Waals surface area contributed by atoms with Crippen LogP contribution in [-0.4, -0.2) is 46.4 Å². The van der Waals surface area contributed by atoms with E-state index in [1.807, 2.05) is 30.3 Å². The first-order valence-corrected chi connectivity index (χ1v) is 13.7. The Labute approximate surface area is 199 Å². The van der Waals surface area contributed by atoms with Gasteiger partial charge in [-0.25, -0.2) is 16.8 Å². The molecule has 0 aliphatic carbocycles. The van der Waals surface area contributed by atoms with Crippen molar-refractivity contribution in [3.63, 3.8) is 0 Å². The van der Waals surface area contributed by atoms with Crippen molar-refractivity contribution in [3.05, 3.63) is 90.0 Å². The maximum Gasteiger partial charge on any atom is 0.255 e. The van der Waals surface area contributed by atoms with Gasteiger partial charge in [0.05, 0.1) is 16.3 Å². The Morgan fingerprint density at radius 2 is 1.62 bits per heavy atom.